The lowest BCUT2D eigenvalue weighted by Gasteiger charge is -2.29. The topological polar surface area (TPSA) is 69.6 Å². The van der Waals surface area contributed by atoms with Crippen molar-refractivity contribution in [1.82, 2.24) is 10.2 Å². The first-order valence-electron chi connectivity index (χ1n) is 10.7. The van der Waals surface area contributed by atoms with Crippen LogP contribution in [0.3, 0.4) is 0 Å². The maximum absolute atomic E-state index is 13.2. The predicted molar refractivity (Wildman–Crippen MR) is 110 cm³/mol. The number of hydrogen-bond donors (Lipinski definition) is 2. The Morgan fingerprint density at radius 2 is 1.69 bits per heavy atom. The molecule has 5 rings (SSSR count). The van der Waals surface area contributed by atoms with Gasteiger partial charge in [0.05, 0.1) is 22.7 Å². The summed E-state index contributed by atoms with van der Waals surface area (Å²) in [7, 11) is 0. The van der Waals surface area contributed by atoms with Crippen molar-refractivity contribution in [2.24, 2.45) is 5.92 Å². The van der Waals surface area contributed by atoms with Gasteiger partial charge in [0.25, 0.3) is 0 Å². The lowest BCUT2D eigenvalue weighted by atomic mass is 10.0. The second kappa shape index (κ2) is 7.33. The minimum Gasteiger partial charge on any atom is -0.478 e. The zero-order valence-electron chi connectivity index (χ0n) is 17.2. The molecule has 1 saturated heterocycles. The molecule has 32 heavy (non-hydrogen) atoms. The van der Waals surface area contributed by atoms with Gasteiger partial charge in [-0.05, 0) is 67.0 Å². The molecule has 168 valence electrons. The monoisotopic (exact) mass is 444 g/mol. The second-order valence-corrected chi connectivity index (χ2v) is 9.14. The average molecular weight is 444 g/mol. The Morgan fingerprint density at radius 3 is 2.25 bits per heavy atom. The predicted octanol–water partition coefficient (Wildman–Crippen LogP) is 4.17. The zero-order valence-corrected chi connectivity index (χ0v) is 17.2. The molecule has 3 aliphatic rings. The molecule has 2 aromatic rings. The first-order chi connectivity index (χ1) is 15.2. The first-order valence-corrected chi connectivity index (χ1v) is 10.7. The Balaban J connectivity index is 1.28. The number of carboxylic acid groups (broad SMARTS) is 1. The maximum Gasteiger partial charge on any atom is 0.416 e. The van der Waals surface area contributed by atoms with Crippen LogP contribution in [-0.4, -0.2) is 34.0 Å². The molecule has 0 radical (unpaired) electrons. The summed E-state index contributed by atoms with van der Waals surface area (Å²) in [6.45, 7) is 0.442. The van der Waals surface area contributed by atoms with Crippen LogP contribution < -0.4 is 5.32 Å². The number of likely N-dealkylation sites (tertiary alicyclic amines) is 1. The summed E-state index contributed by atoms with van der Waals surface area (Å²) in [4.78, 5) is 26.4. The number of halogens is 3. The minimum absolute atomic E-state index is 0.0658. The molecule has 2 unspecified atom stereocenters. The number of nitrogens with one attached hydrogen (secondary N) is 1. The van der Waals surface area contributed by atoms with E-state index in [1.165, 1.54) is 12.1 Å². The number of nitrogens with zero attached hydrogens (tertiary/aromatic N) is 1. The molecule has 0 bridgehead atoms. The third-order valence-electron chi connectivity index (χ3n) is 6.98. The Bertz CT molecular complexity index is 1050. The number of benzene rings is 2. The van der Waals surface area contributed by atoms with Crippen molar-refractivity contribution in [3.8, 4) is 0 Å². The number of alkyl halides is 3. The number of aromatic carboxylic acids is 1. The van der Waals surface area contributed by atoms with Crippen molar-refractivity contribution in [2.45, 2.75) is 56.0 Å². The van der Waals surface area contributed by atoms with Crippen LogP contribution in [0, 0.1) is 5.92 Å². The number of carbonyl (C=O) groups excluding carboxylic acids is 1. The summed E-state index contributed by atoms with van der Waals surface area (Å²) >= 11 is 0. The number of rotatable bonds is 6. The first kappa shape index (κ1) is 21.0. The molecule has 0 aromatic heterocycles. The highest BCUT2D eigenvalue weighted by Crippen LogP contribution is 2.50. The molecule has 1 heterocycles. The fourth-order valence-corrected chi connectivity index (χ4v) is 4.90. The van der Waals surface area contributed by atoms with E-state index in [1.807, 2.05) is 0 Å². The fourth-order valence-electron chi connectivity index (χ4n) is 4.90. The highest BCUT2D eigenvalue weighted by atomic mass is 19.4. The normalized spacial score (nSPS) is 25.8. The number of carbonyl (C=O) groups is 2. The highest BCUT2D eigenvalue weighted by Gasteiger charge is 2.55. The van der Waals surface area contributed by atoms with Crippen LogP contribution in [0.1, 0.15) is 52.7 Å². The Kier molecular flexibility index (Phi) is 4.81. The van der Waals surface area contributed by atoms with E-state index in [2.05, 4.69) is 10.2 Å². The summed E-state index contributed by atoms with van der Waals surface area (Å²) in [6.07, 6.45) is -0.998. The average Bonchev–Trinajstić information content (AvgIpc) is 3.67. The van der Waals surface area contributed by atoms with Crippen LogP contribution in [0.5, 0.6) is 0 Å². The van der Waals surface area contributed by atoms with Crippen LogP contribution in [0.4, 0.5) is 13.2 Å². The van der Waals surface area contributed by atoms with Crippen molar-refractivity contribution in [1.29, 1.82) is 0 Å². The quantitative estimate of drug-likeness (QED) is 0.702. The van der Waals surface area contributed by atoms with Crippen LogP contribution in [0.2, 0.25) is 0 Å². The van der Waals surface area contributed by atoms with E-state index >= 15 is 0 Å². The van der Waals surface area contributed by atoms with Gasteiger partial charge < -0.3 is 10.4 Å². The van der Waals surface area contributed by atoms with Crippen molar-refractivity contribution >= 4 is 11.9 Å². The third-order valence-corrected chi connectivity index (χ3v) is 6.98. The van der Waals surface area contributed by atoms with Crippen LogP contribution in [0.25, 0.3) is 0 Å². The molecule has 5 nitrogen and oxygen atoms in total. The van der Waals surface area contributed by atoms with Crippen molar-refractivity contribution < 1.29 is 27.9 Å². The molecule has 3 atom stereocenters. The lowest BCUT2D eigenvalue weighted by Crippen LogP contribution is -2.48. The maximum atomic E-state index is 13.2. The number of piperidine rings is 1. The molecule has 2 aliphatic carbocycles. The summed E-state index contributed by atoms with van der Waals surface area (Å²) in [5.41, 5.74) is 0.725. The van der Waals surface area contributed by atoms with Gasteiger partial charge in [-0.25, -0.2) is 4.79 Å². The zero-order chi connectivity index (χ0) is 22.7. The second-order valence-electron chi connectivity index (χ2n) is 9.14. The molecule has 1 aliphatic heterocycles. The van der Waals surface area contributed by atoms with E-state index in [-0.39, 0.29) is 17.5 Å². The van der Waals surface area contributed by atoms with Crippen LogP contribution in [0.15, 0.2) is 48.5 Å². The van der Waals surface area contributed by atoms with E-state index in [0.29, 0.717) is 18.5 Å². The Hall–Kier alpha value is -2.87. The summed E-state index contributed by atoms with van der Waals surface area (Å²) in [5, 5.41) is 12.3. The standard InChI is InChI=1S/C24H23F3N2O3/c25-24(26,27)18-5-1-14(2-6-18)13-29-19-11-16(19)12-20(29)21(30)28-23(9-10-23)17-7-3-15(4-8-17)22(31)32/h1-8,16,19-20H,9-13H2,(H,28,30)(H,31,32)/t16?,19?,20-/m1/s1. The van der Waals surface area contributed by atoms with Gasteiger partial charge in [0, 0.05) is 12.6 Å². The van der Waals surface area contributed by atoms with Gasteiger partial charge in [0.2, 0.25) is 5.91 Å². The number of carboxylic acids is 1. The highest BCUT2D eigenvalue weighted by molar-refractivity contribution is 5.87. The molecule has 2 saturated carbocycles. The molecular weight excluding hydrogens is 421 g/mol. The number of fused-ring (bicyclic) bond motifs is 1. The smallest absolute Gasteiger partial charge is 0.416 e. The van der Waals surface area contributed by atoms with Crippen molar-refractivity contribution in [3.05, 3.63) is 70.8 Å². The van der Waals surface area contributed by atoms with Gasteiger partial charge in [-0.2, -0.15) is 13.2 Å². The van der Waals surface area contributed by atoms with Crippen LogP contribution >= 0.6 is 0 Å². The van der Waals surface area contributed by atoms with Crippen molar-refractivity contribution in [2.75, 3.05) is 0 Å². The lowest BCUT2D eigenvalue weighted by molar-refractivity contribution is -0.137. The minimum atomic E-state index is -4.36. The van der Waals surface area contributed by atoms with Gasteiger partial charge in [-0.3, -0.25) is 9.69 Å². The van der Waals surface area contributed by atoms with Crippen LogP contribution in [-0.2, 0) is 23.1 Å². The van der Waals surface area contributed by atoms with E-state index < -0.39 is 23.2 Å². The molecule has 0 spiro atoms. The summed E-state index contributed by atoms with van der Waals surface area (Å²) in [5.74, 6) is -0.594. The number of amides is 1. The van der Waals surface area contributed by atoms with E-state index in [0.717, 1.165) is 48.9 Å². The molecular formula is C24H23F3N2O3. The molecule has 3 fully saturated rings. The van der Waals surface area contributed by atoms with E-state index in [9.17, 15) is 22.8 Å². The summed E-state index contributed by atoms with van der Waals surface area (Å²) < 4.78 is 38.5. The molecule has 2 aromatic carbocycles. The summed E-state index contributed by atoms with van der Waals surface area (Å²) in [6, 6.07) is 11.7. The Labute approximate surface area is 183 Å². The Morgan fingerprint density at radius 1 is 1.03 bits per heavy atom. The molecule has 2 N–H and O–H groups in total. The molecule has 1 amide bonds. The van der Waals surface area contributed by atoms with E-state index in [1.54, 1.807) is 24.3 Å². The van der Waals surface area contributed by atoms with Gasteiger partial charge in [-0.1, -0.05) is 24.3 Å². The van der Waals surface area contributed by atoms with Gasteiger partial charge in [0.15, 0.2) is 0 Å². The third kappa shape index (κ3) is 3.88. The largest absolute Gasteiger partial charge is 0.478 e. The van der Waals surface area contributed by atoms with E-state index in [4.69, 9.17) is 5.11 Å². The van der Waals surface area contributed by atoms with Crippen molar-refractivity contribution in [3.63, 3.8) is 0 Å². The van der Waals surface area contributed by atoms with Gasteiger partial charge >= 0.3 is 12.1 Å². The fraction of sp³-hybridized carbons (Fsp3) is 0.417. The SMILES string of the molecule is O=C(O)c1ccc(C2(NC(=O)[C@H]3CC4CC4N3Cc3ccc(C(F)(F)F)cc3)CC2)cc1. The van der Waals surface area contributed by atoms with Gasteiger partial charge in [-0.15, -0.1) is 0 Å². The molecule has 8 heteroatoms. The van der Waals surface area contributed by atoms with Gasteiger partial charge in [0.1, 0.15) is 0 Å². The number of hydrogen-bond acceptors (Lipinski definition) is 3.